The van der Waals surface area contributed by atoms with E-state index in [1.54, 1.807) is 0 Å². The molecule has 1 N–H and O–H groups in total. The minimum Gasteiger partial charge on any atom is -0.481 e. The van der Waals surface area contributed by atoms with Gasteiger partial charge < -0.3 is 5.11 Å². The maximum atomic E-state index is 11.4. The monoisotopic (exact) mass is 376 g/mol. The van der Waals surface area contributed by atoms with Crippen LogP contribution in [0.15, 0.2) is 48.5 Å². The summed E-state index contributed by atoms with van der Waals surface area (Å²) in [5.41, 5.74) is 7.41. The predicted molar refractivity (Wildman–Crippen MR) is 109 cm³/mol. The van der Waals surface area contributed by atoms with Gasteiger partial charge in [-0.3, -0.25) is 9.20 Å². The summed E-state index contributed by atoms with van der Waals surface area (Å²) in [4.78, 5) is 17.9. The molecule has 2 aromatic carbocycles. The first-order chi connectivity index (χ1) is 13.0. The van der Waals surface area contributed by atoms with Crippen molar-refractivity contribution >= 4 is 22.3 Å². The van der Waals surface area contributed by atoms with Gasteiger partial charge in [-0.25, -0.2) is 4.98 Å². The van der Waals surface area contributed by atoms with E-state index in [1.165, 1.54) is 22.5 Å². The van der Waals surface area contributed by atoms with E-state index < -0.39 is 5.97 Å². The third kappa shape index (κ3) is 3.04. The second kappa shape index (κ2) is 6.67. The summed E-state index contributed by atoms with van der Waals surface area (Å²) >= 11 is 1.46. The Labute approximate surface area is 161 Å². The zero-order chi connectivity index (χ0) is 19.1. The number of fused-ring (bicyclic) bond motifs is 1. The summed E-state index contributed by atoms with van der Waals surface area (Å²) in [5, 5.41) is 9.38. The van der Waals surface area contributed by atoms with Crippen molar-refractivity contribution in [2.75, 3.05) is 0 Å². The smallest absolute Gasteiger partial charge is 0.308 e. The molecule has 0 unspecified atom stereocenters. The molecule has 0 aliphatic carbocycles. The molecule has 0 saturated carbocycles. The Kier molecular flexibility index (Phi) is 4.32. The average Bonchev–Trinajstić information content (AvgIpc) is 3.14. The van der Waals surface area contributed by atoms with Gasteiger partial charge in [0, 0.05) is 16.1 Å². The molecule has 4 nitrogen and oxygen atoms in total. The van der Waals surface area contributed by atoms with Crippen LogP contribution in [0.2, 0.25) is 0 Å². The van der Waals surface area contributed by atoms with E-state index in [9.17, 15) is 9.90 Å². The van der Waals surface area contributed by atoms with Crippen LogP contribution in [0.4, 0.5) is 0 Å². The van der Waals surface area contributed by atoms with Crippen molar-refractivity contribution < 1.29 is 9.90 Å². The Hall–Kier alpha value is -2.92. The molecule has 0 amide bonds. The van der Waals surface area contributed by atoms with Crippen molar-refractivity contribution in [1.29, 1.82) is 0 Å². The van der Waals surface area contributed by atoms with E-state index in [4.69, 9.17) is 4.98 Å². The van der Waals surface area contributed by atoms with Gasteiger partial charge in [0.05, 0.1) is 17.8 Å². The normalized spacial score (nSPS) is 11.2. The lowest BCUT2D eigenvalue weighted by Gasteiger charge is -2.09. The van der Waals surface area contributed by atoms with Crippen molar-refractivity contribution in [1.82, 2.24) is 9.38 Å². The van der Waals surface area contributed by atoms with Gasteiger partial charge in [0.15, 0.2) is 4.96 Å². The van der Waals surface area contributed by atoms with Crippen LogP contribution in [0.5, 0.6) is 0 Å². The summed E-state index contributed by atoms with van der Waals surface area (Å²) in [5.74, 6) is -0.828. The molecule has 0 fully saturated rings. The van der Waals surface area contributed by atoms with Gasteiger partial charge in [0.1, 0.15) is 0 Å². The van der Waals surface area contributed by atoms with Gasteiger partial charge >= 0.3 is 5.97 Å². The maximum absolute atomic E-state index is 11.4. The summed E-state index contributed by atoms with van der Waals surface area (Å²) in [6, 6.07) is 16.4. The first kappa shape index (κ1) is 17.5. The number of aliphatic carboxylic acids is 1. The maximum Gasteiger partial charge on any atom is 0.308 e. The van der Waals surface area contributed by atoms with Crippen LogP contribution < -0.4 is 0 Å². The number of imidazole rings is 1. The largest absolute Gasteiger partial charge is 0.481 e. The van der Waals surface area contributed by atoms with Crippen molar-refractivity contribution in [3.63, 3.8) is 0 Å². The van der Waals surface area contributed by atoms with E-state index in [2.05, 4.69) is 36.4 Å². The molecule has 4 aromatic rings. The number of carboxylic acid groups (broad SMARTS) is 1. The lowest BCUT2D eigenvalue weighted by molar-refractivity contribution is -0.136. The number of thiazole rings is 1. The van der Waals surface area contributed by atoms with E-state index in [0.29, 0.717) is 0 Å². The van der Waals surface area contributed by atoms with Crippen LogP contribution in [-0.4, -0.2) is 20.5 Å². The summed E-state index contributed by atoms with van der Waals surface area (Å²) in [7, 11) is 0. The molecule has 0 aliphatic heterocycles. The highest BCUT2D eigenvalue weighted by Gasteiger charge is 2.22. The second-order valence-electron chi connectivity index (χ2n) is 6.77. The van der Waals surface area contributed by atoms with Gasteiger partial charge in [-0.15, -0.1) is 11.3 Å². The van der Waals surface area contributed by atoms with Crippen LogP contribution in [0, 0.1) is 20.8 Å². The highest BCUT2D eigenvalue weighted by molar-refractivity contribution is 7.17. The van der Waals surface area contributed by atoms with Gasteiger partial charge in [-0.1, -0.05) is 42.5 Å². The average molecular weight is 376 g/mol. The number of carbonyl (C=O) groups is 1. The molecule has 4 rings (SSSR count). The topological polar surface area (TPSA) is 54.6 Å². The predicted octanol–water partition coefficient (Wildman–Crippen LogP) is 5.28. The molecule has 0 aliphatic rings. The van der Waals surface area contributed by atoms with Gasteiger partial charge in [0.2, 0.25) is 0 Å². The molecule has 2 heterocycles. The number of carboxylic acids is 1. The van der Waals surface area contributed by atoms with Crippen LogP contribution in [0.1, 0.15) is 21.7 Å². The SMILES string of the molecule is Cc1ccc(-c2c(CC(=O)O)sc3nc(-c4ccccc4)c(C)n23)cc1C. The van der Waals surface area contributed by atoms with Crippen molar-refractivity contribution in [3.8, 4) is 22.5 Å². The molecule has 0 radical (unpaired) electrons. The van der Waals surface area contributed by atoms with Gasteiger partial charge in [0.25, 0.3) is 0 Å². The summed E-state index contributed by atoms with van der Waals surface area (Å²) in [6.07, 6.45) is -0.00358. The molecule has 0 spiro atoms. The van der Waals surface area contributed by atoms with Crippen LogP contribution in [0.3, 0.4) is 0 Å². The number of hydrogen-bond donors (Lipinski definition) is 1. The fourth-order valence-corrected chi connectivity index (χ4v) is 4.57. The number of benzene rings is 2. The second-order valence-corrected chi connectivity index (χ2v) is 7.84. The fourth-order valence-electron chi connectivity index (χ4n) is 3.40. The summed E-state index contributed by atoms with van der Waals surface area (Å²) < 4.78 is 2.11. The van der Waals surface area contributed by atoms with Crippen LogP contribution in [-0.2, 0) is 11.2 Å². The molecule has 0 saturated heterocycles. The Balaban J connectivity index is 1.99. The Bertz CT molecular complexity index is 1160. The van der Waals surface area contributed by atoms with Crippen molar-refractivity contribution in [2.45, 2.75) is 27.2 Å². The Morgan fingerprint density at radius 2 is 1.78 bits per heavy atom. The first-order valence-corrected chi connectivity index (χ1v) is 9.63. The van der Waals surface area contributed by atoms with Crippen LogP contribution in [0.25, 0.3) is 27.5 Å². The zero-order valence-electron chi connectivity index (χ0n) is 15.5. The van der Waals surface area contributed by atoms with Crippen LogP contribution >= 0.6 is 11.3 Å². The minimum absolute atomic E-state index is 0.00358. The lowest BCUT2D eigenvalue weighted by Crippen LogP contribution is -2.01. The third-order valence-electron chi connectivity index (χ3n) is 4.92. The zero-order valence-corrected chi connectivity index (χ0v) is 16.3. The van der Waals surface area contributed by atoms with E-state index in [0.717, 1.165) is 38.0 Å². The minimum atomic E-state index is -0.828. The molecule has 136 valence electrons. The number of aromatic nitrogens is 2. The Morgan fingerprint density at radius 3 is 2.44 bits per heavy atom. The Morgan fingerprint density at radius 1 is 1.04 bits per heavy atom. The number of nitrogens with zero attached hydrogens (tertiary/aromatic N) is 2. The molecule has 2 aromatic heterocycles. The lowest BCUT2D eigenvalue weighted by atomic mass is 10.0. The van der Waals surface area contributed by atoms with E-state index in [1.807, 2.05) is 37.3 Å². The molecular formula is C22H20N2O2S. The standard InChI is InChI=1S/C22H20N2O2S/c1-13-9-10-17(11-14(13)2)21-18(12-19(25)26)27-22-23-20(15(3)24(21)22)16-7-5-4-6-8-16/h4-11H,12H2,1-3H3,(H,25,26). The molecule has 0 bridgehead atoms. The van der Waals surface area contributed by atoms with E-state index >= 15 is 0 Å². The summed E-state index contributed by atoms with van der Waals surface area (Å²) in [6.45, 7) is 6.20. The quantitative estimate of drug-likeness (QED) is 0.527. The van der Waals surface area contributed by atoms with Gasteiger partial charge in [-0.2, -0.15) is 0 Å². The highest BCUT2D eigenvalue weighted by atomic mass is 32.1. The van der Waals surface area contributed by atoms with Crippen molar-refractivity contribution in [2.24, 2.45) is 0 Å². The first-order valence-electron chi connectivity index (χ1n) is 8.81. The molecule has 27 heavy (non-hydrogen) atoms. The number of hydrogen-bond acceptors (Lipinski definition) is 3. The highest BCUT2D eigenvalue weighted by Crippen LogP contribution is 2.37. The van der Waals surface area contributed by atoms with E-state index in [-0.39, 0.29) is 6.42 Å². The molecular weight excluding hydrogens is 356 g/mol. The fraction of sp³-hybridized carbons (Fsp3) is 0.182. The number of rotatable bonds is 4. The molecule has 0 atom stereocenters. The molecule has 5 heteroatoms. The third-order valence-corrected chi connectivity index (χ3v) is 5.96. The van der Waals surface area contributed by atoms with Gasteiger partial charge in [-0.05, 0) is 43.5 Å². The van der Waals surface area contributed by atoms with Crippen molar-refractivity contribution in [3.05, 3.63) is 70.2 Å². The number of aryl methyl sites for hydroxylation is 3.